The van der Waals surface area contributed by atoms with E-state index in [4.69, 9.17) is 0 Å². The van der Waals surface area contributed by atoms with Crippen molar-refractivity contribution in [3.63, 3.8) is 0 Å². The van der Waals surface area contributed by atoms with Crippen LogP contribution in [0.25, 0.3) is 0 Å². The smallest absolute Gasteiger partial charge is 0.137 e. The molecule has 1 aromatic heterocycles. The van der Waals surface area contributed by atoms with Gasteiger partial charge in [-0.2, -0.15) is 0 Å². The maximum atomic E-state index is 13.5. The van der Waals surface area contributed by atoms with Gasteiger partial charge in [-0.15, -0.1) is 0 Å². The lowest BCUT2D eigenvalue weighted by Crippen LogP contribution is -2.30. The molecule has 2 nitrogen and oxygen atoms in total. The van der Waals surface area contributed by atoms with E-state index in [0.29, 0.717) is 4.47 Å². The highest BCUT2D eigenvalue weighted by Crippen LogP contribution is 2.22. The number of nitrogens with one attached hydrogen (secondary N) is 1. The molecular formula is C15H16BrFN2. The summed E-state index contributed by atoms with van der Waals surface area (Å²) < 4.78 is 14.0. The first kappa shape index (κ1) is 14.2. The zero-order valence-electron chi connectivity index (χ0n) is 10.7. The predicted molar refractivity (Wildman–Crippen MR) is 78.6 cm³/mol. The van der Waals surface area contributed by atoms with Crippen LogP contribution in [-0.4, -0.2) is 18.1 Å². The van der Waals surface area contributed by atoms with Crippen molar-refractivity contribution in [2.24, 2.45) is 0 Å². The highest BCUT2D eigenvalue weighted by atomic mass is 79.9. The Morgan fingerprint density at radius 2 is 2.05 bits per heavy atom. The number of rotatable bonds is 5. The van der Waals surface area contributed by atoms with Gasteiger partial charge in [-0.3, -0.25) is 4.98 Å². The minimum absolute atomic E-state index is 0.217. The molecule has 0 amide bonds. The van der Waals surface area contributed by atoms with Gasteiger partial charge in [0.15, 0.2) is 0 Å². The number of benzene rings is 1. The molecule has 1 unspecified atom stereocenters. The van der Waals surface area contributed by atoms with E-state index in [2.05, 4.69) is 26.2 Å². The van der Waals surface area contributed by atoms with Gasteiger partial charge >= 0.3 is 0 Å². The summed E-state index contributed by atoms with van der Waals surface area (Å²) in [5, 5.41) is 3.26. The Morgan fingerprint density at radius 1 is 1.21 bits per heavy atom. The number of pyridine rings is 1. The van der Waals surface area contributed by atoms with Gasteiger partial charge in [0.25, 0.3) is 0 Å². The maximum absolute atomic E-state index is 13.5. The number of likely N-dealkylation sites (N-methyl/N-ethyl adjacent to an activating group) is 1. The van der Waals surface area contributed by atoms with Crippen molar-refractivity contribution in [1.82, 2.24) is 10.3 Å². The van der Waals surface area contributed by atoms with Crippen molar-refractivity contribution in [2.75, 3.05) is 7.05 Å². The number of aromatic nitrogens is 1. The molecule has 1 heterocycles. The van der Waals surface area contributed by atoms with Crippen molar-refractivity contribution >= 4 is 15.9 Å². The number of hydrogen-bond acceptors (Lipinski definition) is 2. The Bertz CT molecular complexity index is 531. The second-order valence-electron chi connectivity index (χ2n) is 4.43. The van der Waals surface area contributed by atoms with Gasteiger partial charge in [-0.25, -0.2) is 4.39 Å². The minimum atomic E-state index is -0.217. The molecule has 0 saturated carbocycles. The van der Waals surface area contributed by atoms with Crippen LogP contribution in [0.1, 0.15) is 11.3 Å². The Balaban J connectivity index is 2.09. The summed E-state index contributed by atoms with van der Waals surface area (Å²) in [6.07, 6.45) is 3.37. The molecule has 0 radical (unpaired) electrons. The molecule has 2 rings (SSSR count). The monoisotopic (exact) mass is 322 g/mol. The lowest BCUT2D eigenvalue weighted by atomic mass is 10.0. The highest BCUT2D eigenvalue weighted by molar-refractivity contribution is 9.10. The van der Waals surface area contributed by atoms with E-state index in [1.54, 1.807) is 12.3 Å². The van der Waals surface area contributed by atoms with Crippen LogP contribution >= 0.6 is 15.9 Å². The summed E-state index contributed by atoms with van der Waals surface area (Å²) in [7, 11) is 1.92. The molecule has 1 aromatic carbocycles. The van der Waals surface area contributed by atoms with Crippen LogP contribution in [0, 0.1) is 5.82 Å². The standard InChI is InChI=1S/C15H16BrFN2/c1-18-13(10-12-6-2-3-8-19-12)9-11-5-4-7-14(17)15(11)16/h2-8,13,18H,9-10H2,1H3. The van der Waals surface area contributed by atoms with E-state index < -0.39 is 0 Å². The SMILES string of the molecule is CNC(Cc1ccccn1)Cc1cccc(F)c1Br. The first-order valence-electron chi connectivity index (χ1n) is 6.20. The predicted octanol–water partition coefficient (Wildman–Crippen LogP) is 3.36. The summed E-state index contributed by atoms with van der Waals surface area (Å²) in [5.41, 5.74) is 2.00. The van der Waals surface area contributed by atoms with E-state index in [1.807, 2.05) is 31.3 Å². The van der Waals surface area contributed by atoms with Gasteiger partial charge in [0, 0.05) is 24.4 Å². The zero-order valence-corrected chi connectivity index (χ0v) is 12.3. The topological polar surface area (TPSA) is 24.9 Å². The molecule has 2 aromatic rings. The first-order chi connectivity index (χ1) is 9.20. The van der Waals surface area contributed by atoms with Gasteiger partial charge in [-0.1, -0.05) is 18.2 Å². The quantitative estimate of drug-likeness (QED) is 0.913. The molecule has 0 aliphatic heterocycles. The van der Waals surface area contributed by atoms with Crippen LogP contribution in [-0.2, 0) is 12.8 Å². The number of hydrogen-bond donors (Lipinski definition) is 1. The summed E-state index contributed by atoms with van der Waals surface area (Å²) in [5.74, 6) is -0.217. The third kappa shape index (κ3) is 3.85. The van der Waals surface area contributed by atoms with Crippen molar-refractivity contribution in [2.45, 2.75) is 18.9 Å². The Labute approximate surface area is 121 Å². The van der Waals surface area contributed by atoms with Crippen molar-refractivity contribution in [3.05, 3.63) is 64.1 Å². The first-order valence-corrected chi connectivity index (χ1v) is 7.00. The van der Waals surface area contributed by atoms with Crippen molar-refractivity contribution in [3.8, 4) is 0 Å². The van der Waals surface area contributed by atoms with Crippen LogP contribution in [0.3, 0.4) is 0 Å². The molecule has 0 fully saturated rings. The van der Waals surface area contributed by atoms with Crippen molar-refractivity contribution < 1.29 is 4.39 Å². The van der Waals surface area contributed by atoms with Crippen LogP contribution in [0.5, 0.6) is 0 Å². The Morgan fingerprint density at radius 3 is 2.74 bits per heavy atom. The molecule has 0 bridgehead atoms. The minimum Gasteiger partial charge on any atom is -0.316 e. The van der Waals surface area contributed by atoms with Gasteiger partial charge in [0.05, 0.1) is 4.47 Å². The molecule has 0 aliphatic rings. The van der Waals surface area contributed by atoms with Crippen LogP contribution in [0.2, 0.25) is 0 Å². The fraction of sp³-hybridized carbons (Fsp3) is 0.267. The van der Waals surface area contributed by atoms with E-state index in [1.165, 1.54) is 6.07 Å². The lowest BCUT2D eigenvalue weighted by Gasteiger charge is -2.17. The van der Waals surface area contributed by atoms with Crippen LogP contribution < -0.4 is 5.32 Å². The molecule has 0 aliphatic carbocycles. The summed E-state index contributed by atoms with van der Waals surface area (Å²) >= 11 is 3.30. The molecule has 19 heavy (non-hydrogen) atoms. The van der Waals surface area contributed by atoms with E-state index in [0.717, 1.165) is 24.1 Å². The third-order valence-corrected chi connectivity index (χ3v) is 3.98. The maximum Gasteiger partial charge on any atom is 0.137 e. The third-order valence-electron chi connectivity index (χ3n) is 3.09. The second kappa shape index (κ2) is 6.78. The molecule has 100 valence electrons. The summed E-state index contributed by atoms with van der Waals surface area (Å²) in [6.45, 7) is 0. The van der Waals surface area contributed by atoms with Gasteiger partial charge in [-0.05, 0) is 53.2 Å². The number of halogens is 2. The van der Waals surface area contributed by atoms with Crippen molar-refractivity contribution in [1.29, 1.82) is 0 Å². The molecule has 4 heteroatoms. The zero-order chi connectivity index (χ0) is 13.7. The largest absolute Gasteiger partial charge is 0.316 e. The summed E-state index contributed by atoms with van der Waals surface area (Å²) in [4.78, 5) is 4.32. The molecule has 0 spiro atoms. The number of nitrogens with zero attached hydrogens (tertiary/aromatic N) is 1. The second-order valence-corrected chi connectivity index (χ2v) is 5.22. The average molecular weight is 323 g/mol. The van der Waals surface area contributed by atoms with Crippen LogP contribution in [0.15, 0.2) is 47.1 Å². The fourth-order valence-corrected chi connectivity index (χ4v) is 2.45. The summed E-state index contributed by atoms with van der Waals surface area (Å²) in [6, 6.07) is 11.3. The Hall–Kier alpha value is -1.26. The van der Waals surface area contributed by atoms with E-state index in [9.17, 15) is 4.39 Å². The molecular weight excluding hydrogens is 307 g/mol. The van der Waals surface area contributed by atoms with E-state index in [-0.39, 0.29) is 11.9 Å². The Kier molecular flexibility index (Phi) is 5.05. The normalized spacial score (nSPS) is 12.4. The van der Waals surface area contributed by atoms with Gasteiger partial charge in [0.1, 0.15) is 5.82 Å². The fourth-order valence-electron chi connectivity index (χ4n) is 2.02. The van der Waals surface area contributed by atoms with Gasteiger partial charge in [0.2, 0.25) is 0 Å². The lowest BCUT2D eigenvalue weighted by molar-refractivity contribution is 0.545. The molecule has 0 saturated heterocycles. The van der Waals surface area contributed by atoms with Crippen LogP contribution in [0.4, 0.5) is 4.39 Å². The molecule has 1 atom stereocenters. The average Bonchev–Trinajstić information content (AvgIpc) is 2.44. The molecule has 1 N–H and O–H groups in total. The van der Waals surface area contributed by atoms with E-state index >= 15 is 0 Å². The van der Waals surface area contributed by atoms with Gasteiger partial charge < -0.3 is 5.32 Å². The highest BCUT2D eigenvalue weighted by Gasteiger charge is 2.12.